The molecular formula is C20H14BrF6NO4S. The molecule has 3 fully saturated rings. The molecule has 0 aliphatic carbocycles. The molecular weight excluding hydrogens is 544 g/mol. The molecule has 6 rings (SSSR count). The summed E-state index contributed by atoms with van der Waals surface area (Å²) in [5.74, 6) is 0. The largest absolute Gasteiger partial charge is 0.401 e. The van der Waals surface area contributed by atoms with Crippen LogP contribution in [0.2, 0.25) is 0 Å². The van der Waals surface area contributed by atoms with Crippen LogP contribution in [0.15, 0.2) is 57.9 Å². The Morgan fingerprint density at radius 1 is 0.879 bits per heavy atom. The van der Waals surface area contributed by atoms with E-state index in [0.717, 1.165) is 28.6 Å². The Hall–Kier alpha value is -1.41. The molecule has 0 aromatic heterocycles. The molecule has 5 nitrogen and oxygen atoms in total. The highest BCUT2D eigenvalue weighted by Crippen LogP contribution is 2.84. The number of hydrogen-bond donors (Lipinski definition) is 0. The van der Waals surface area contributed by atoms with Gasteiger partial charge >= 0.3 is 12.4 Å². The maximum atomic E-state index is 15.0. The number of alkyl halides is 6. The quantitative estimate of drug-likeness (QED) is 0.408. The van der Waals surface area contributed by atoms with Gasteiger partial charge in [-0.25, -0.2) is 8.42 Å². The van der Waals surface area contributed by atoms with Gasteiger partial charge in [-0.3, -0.25) is 0 Å². The fourth-order valence-corrected chi connectivity index (χ4v) is 8.60. The van der Waals surface area contributed by atoms with E-state index in [1.54, 1.807) is 0 Å². The van der Waals surface area contributed by atoms with E-state index in [2.05, 4.69) is 15.9 Å². The van der Waals surface area contributed by atoms with E-state index >= 15 is 0 Å². The van der Waals surface area contributed by atoms with Crippen molar-refractivity contribution in [2.24, 2.45) is 10.8 Å². The second kappa shape index (κ2) is 5.86. The Morgan fingerprint density at radius 3 is 1.79 bits per heavy atom. The number of halogens is 7. The molecule has 13 heteroatoms. The van der Waals surface area contributed by atoms with Crippen molar-refractivity contribution in [3.8, 4) is 0 Å². The summed E-state index contributed by atoms with van der Waals surface area (Å²) in [7, 11) is -4.39. The van der Waals surface area contributed by atoms with Gasteiger partial charge < -0.3 is 9.47 Å². The highest BCUT2D eigenvalue weighted by atomic mass is 79.9. The SMILES string of the molecule is O=S(=O)(c1ccc(Br)cc1)N1C[C@@]23C=C[C@@H](O2)C2(C(F)(F)F)[C@@H]4C=C[C@@](C1)(O4)C23C(F)(F)F. The first-order valence-electron chi connectivity index (χ1n) is 9.82. The Balaban J connectivity index is 1.60. The molecule has 4 bridgehead atoms. The van der Waals surface area contributed by atoms with Crippen molar-refractivity contribution in [3.63, 3.8) is 0 Å². The third kappa shape index (κ3) is 2.08. The van der Waals surface area contributed by atoms with Gasteiger partial charge in [0.1, 0.15) is 16.6 Å². The molecule has 2 unspecified atom stereocenters. The van der Waals surface area contributed by atoms with Gasteiger partial charge in [0.05, 0.1) is 17.1 Å². The lowest BCUT2D eigenvalue weighted by Gasteiger charge is -2.60. The molecule has 5 aliphatic heterocycles. The topological polar surface area (TPSA) is 55.8 Å². The molecule has 5 heterocycles. The van der Waals surface area contributed by atoms with E-state index in [4.69, 9.17) is 9.47 Å². The highest BCUT2D eigenvalue weighted by Gasteiger charge is 3.01. The van der Waals surface area contributed by atoms with Crippen molar-refractivity contribution >= 4 is 26.0 Å². The molecule has 1 aromatic carbocycles. The van der Waals surface area contributed by atoms with E-state index in [1.165, 1.54) is 24.3 Å². The summed E-state index contributed by atoms with van der Waals surface area (Å²) in [5, 5.41) is 0. The summed E-state index contributed by atoms with van der Waals surface area (Å²) >= 11 is 3.18. The Morgan fingerprint density at radius 2 is 1.36 bits per heavy atom. The van der Waals surface area contributed by atoms with Crippen molar-refractivity contribution in [3.05, 3.63) is 53.0 Å². The van der Waals surface area contributed by atoms with Crippen LogP contribution in [0.1, 0.15) is 0 Å². The number of nitrogens with zero attached hydrogens (tertiary/aromatic N) is 1. The molecule has 0 saturated carbocycles. The number of ether oxygens (including phenoxy) is 2. The van der Waals surface area contributed by atoms with Gasteiger partial charge in [0.25, 0.3) is 0 Å². The average molecular weight is 558 g/mol. The summed E-state index contributed by atoms with van der Waals surface area (Å²) in [4.78, 5) is -0.215. The van der Waals surface area contributed by atoms with Crippen LogP contribution in [-0.2, 0) is 19.5 Å². The van der Waals surface area contributed by atoms with Crippen LogP contribution in [-0.4, -0.2) is 61.6 Å². The number of sulfonamides is 1. The van der Waals surface area contributed by atoms with Gasteiger partial charge in [0, 0.05) is 17.6 Å². The molecule has 5 aliphatic rings. The number of rotatable bonds is 2. The van der Waals surface area contributed by atoms with Crippen LogP contribution in [0.3, 0.4) is 0 Å². The minimum Gasteiger partial charge on any atom is -0.360 e. The van der Waals surface area contributed by atoms with Crippen LogP contribution in [0.5, 0.6) is 0 Å². The minimum absolute atomic E-state index is 0.215. The highest BCUT2D eigenvalue weighted by molar-refractivity contribution is 9.10. The predicted molar refractivity (Wildman–Crippen MR) is 103 cm³/mol. The zero-order valence-electron chi connectivity index (χ0n) is 16.3. The molecule has 0 amide bonds. The summed E-state index contributed by atoms with van der Waals surface area (Å²) < 4.78 is 128. The van der Waals surface area contributed by atoms with E-state index in [1.807, 2.05) is 0 Å². The first-order valence-corrected chi connectivity index (χ1v) is 12.1. The Kier molecular flexibility index (Phi) is 3.92. The van der Waals surface area contributed by atoms with E-state index in [-0.39, 0.29) is 4.90 Å². The number of piperidine rings is 1. The van der Waals surface area contributed by atoms with Crippen molar-refractivity contribution in [2.45, 2.75) is 40.7 Å². The molecule has 0 radical (unpaired) electrons. The zero-order valence-corrected chi connectivity index (χ0v) is 18.7. The fourth-order valence-electron chi connectivity index (χ4n) is 6.83. The minimum atomic E-state index is -5.42. The van der Waals surface area contributed by atoms with E-state index < -0.39 is 69.7 Å². The standard InChI is InChI=1S/C20H14BrF6NO4S/c21-11-1-3-12(4-2-11)33(29,30)28-9-15-7-5-13(31-15)17(19(22,23)24)14-6-8-16(10-28,32-14)18(15,17)20(25,26)27/h1-8,13-14H,9-10H2/t13-,14+,15-,16+,17?,18?. The summed E-state index contributed by atoms with van der Waals surface area (Å²) in [6.07, 6.45) is -10.9. The maximum absolute atomic E-state index is 15.0. The zero-order chi connectivity index (χ0) is 23.9. The normalized spacial score (nSPS) is 43.5. The maximum Gasteiger partial charge on any atom is 0.401 e. The summed E-state index contributed by atoms with van der Waals surface area (Å²) in [6.45, 7) is -1.86. The van der Waals surface area contributed by atoms with Gasteiger partial charge in [-0.1, -0.05) is 40.2 Å². The Bertz CT molecular complexity index is 1190. The third-order valence-corrected chi connectivity index (χ3v) is 10.0. The number of hydrogen-bond acceptors (Lipinski definition) is 4. The average Bonchev–Trinajstić information content (AvgIpc) is 3.42. The monoisotopic (exact) mass is 557 g/mol. The van der Waals surface area contributed by atoms with Gasteiger partial charge in [-0.2, -0.15) is 30.6 Å². The lowest BCUT2D eigenvalue weighted by molar-refractivity contribution is -0.354. The van der Waals surface area contributed by atoms with Gasteiger partial charge in [-0.15, -0.1) is 0 Å². The molecule has 1 aromatic rings. The van der Waals surface area contributed by atoms with Crippen molar-refractivity contribution in [1.82, 2.24) is 4.31 Å². The van der Waals surface area contributed by atoms with E-state index in [9.17, 15) is 34.8 Å². The van der Waals surface area contributed by atoms with Gasteiger partial charge in [-0.05, 0) is 24.3 Å². The van der Waals surface area contributed by atoms with Crippen LogP contribution in [0.4, 0.5) is 26.3 Å². The molecule has 178 valence electrons. The predicted octanol–water partition coefficient (Wildman–Crippen LogP) is 3.97. The van der Waals surface area contributed by atoms with E-state index in [0.29, 0.717) is 4.47 Å². The van der Waals surface area contributed by atoms with Crippen LogP contribution in [0.25, 0.3) is 0 Å². The number of benzene rings is 1. The molecule has 0 N–H and O–H groups in total. The van der Waals surface area contributed by atoms with Gasteiger partial charge in [0.2, 0.25) is 10.0 Å². The number of fused-ring (bicyclic) bond motifs is 4. The summed E-state index contributed by atoms with van der Waals surface area (Å²) in [5.41, 5.74) is -12.2. The lowest BCUT2D eigenvalue weighted by Crippen LogP contribution is -2.80. The first kappa shape index (κ1) is 22.1. The van der Waals surface area contributed by atoms with Crippen LogP contribution < -0.4 is 0 Å². The Labute approximate surface area is 192 Å². The van der Waals surface area contributed by atoms with Crippen molar-refractivity contribution in [1.29, 1.82) is 0 Å². The second-order valence-corrected chi connectivity index (χ2v) is 11.8. The summed E-state index contributed by atoms with van der Waals surface area (Å²) in [6, 6.07) is 5.40. The van der Waals surface area contributed by atoms with Crippen molar-refractivity contribution < 1.29 is 44.2 Å². The van der Waals surface area contributed by atoms with Gasteiger partial charge in [0.15, 0.2) is 5.41 Å². The molecule has 33 heavy (non-hydrogen) atoms. The lowest BCUT2D eigenvalue weighted by atomic mass is 9.43. The van der Waals surface area contributed by atoms with Crippen LogP contribution >= 0.6 is 15.9 Å². The second-order valence-electron chi connectivity index (χ2n) is 8.92. The molecule has 2 spiro atoms. The van der Waals surface area contributed by atoms with Crippen LogP contribution in [0, 0.1) is 10.8 Å². The molecule has 6 atom stereocenters. The molecule has 3 saturated heterocycles. The van der Waals surface area contributed by atoms with Crippen molar-refractivity contribution in [2.75, 3.05) is 13.1 Å². The first-order chi connectivity index (χ1) is 15.2. The third-order valence-electron chi connectivity index (χ3n) is 7.71. The smallest absolute Gasteiger partial charge is 0.360 e. The fraction of sp³-hybridized carbons (Fsp3) is 0.500.